The van der Waals surface area contributed by atoms with Crippen LogP contribution < -0.4 is 17.2 Å². The average Bonchev–Trinajstić information content (AvgIpc) is 2.63. The van der Waals surface area contributed by atoms with Crippen LogP contribution in [0, 0.1) is 5.92 Å². The Hall–Kier alpha value is -0.830. The van der Waals surface area contributed by atoms with Crippen LogP contribution in [0.4, 0.5) is 0 Å². The minimum absolute atomic E-state index is 0.236. The Balaban J connectivity index is 2.76. The van der Waals surface area contributed by atoms with E-state index < -0.39 is 0 Å². The van der Waals surface area contributed by atoms with Gasteiger partial charge in [0, 0.05) is 0 Å². The molecule has 3 nitrogen and oxygen atoms in total. The minimum atomic E-state index is 0.236. The van der Waals surface area contributed by atoms with Gasteiger partial charge < -0.3 is 17.2 Å². The van der Waals surface area contributed by atoms with Crippen LogP contribution in [-0.4, -0.2) is 0 Å². The summed E-state index contributed by atoms with van der Waals surface area (Å²) in [5.74, 6) is 0.813. The molecule has 0 unspecified atom stereocenters. The predicted molar refractivity (Wildman–Crippen MR) is 46.2 cm³/mol. The van der Waals surface area contributed by atoms with Gasteiger partial charge in [0.2, 0.25) is 0 Å². The first-order valence-corrected chi connectivity index (χ1v) is 3.87. The number of hydrogen-bond acceptors (Lipinski definition) is 3. The van der Waals surface area contributed by atoms with Gasteiger partial charge in [0.05, 0.1) is 11.0 Å². The molecule has 11 heavy (non-hydrogen) atoms. The lowest BCUT2D eigenvalue weighted by Gasteiger charge is -2.01. The SMILES string of the molecule is NC(N)=C(/C=C(\N)Cl)C1CC1. The highest BCUT2D eigenvalue weighted by Gasteiger charge is 2.26. The van der Waals surface area contributed by atoms with Gasteiger partial charge in [0.25, 0.3) is 0 Å². The summed E-state index contributed by atoms with van der Waals surface area (Å²) in [4.78, 5) is 0. The van der Waals surface area contributed by atoms with E-state index in [0.29, 0.717) is 11.7 Å². The van der Waals surface area contributed by atoms with Crippen molar-refractivity contribution < 1.29 is 0 Å². The summed E-state index contributed by atoms with van der Waals surface area (Å²) in [6.45, 7) is 0. The van der Waals surface area contributed by atoms with Crippen molar-refractivity contribution in [3.63, 3.8) is 0 Å². The van der Waals surface area contributed by atoms with Gasteiger partial charge in [0.15, 0.2) is 0 Å². The Morgan fingerprint density at radius 1 is 1.27 bits per heavy atom. The van der Waals surface area contributed by atoms with Crippen molar-refractivity contribution in [2.75, 3.05) is 0 Å². The van der Waals surface area contributed by atoms with Crippen LogP contribution in [0.5, 0.6) is 0 Å². The molecular formula is C7H12ClN3. The van der Waals surface area contributed by atoms with Crippen molar-refractivity contribution in [1.82, 2.24) is 0 Å². The summed E-state index contributed by atoms with van der Waals surface area (Å²) >= 11 is 5.48. The standard InChI is InChI=1S/C7H12ClN3/c8-6(9)3-5(7(10)11)4-1-2-4/h3-4H,1-2,9-11H2/b6-3-. The third kappa shape index (κ3) is 2.35. The largest absolute Gasteiger partial charge is 0.389 e. The molecule has 0 atom stereocenters. The highest BCUT2D eigenvalue weighted by Crippen LogP contribution is 2.37. The van der Waals surface area contributed by atoms with Crippen molar-refractivity contribution >= 4 is 11.6 Å². The lowest BCUT2D eigenvalue weighted by Crippen LogP contribution is -2.12. The zero-order valence-electron chi connectivity index (χ0n) is 6.18. The van der Waals surface area contributed by atoms with Crippen LogP contribution in [-0.2, 0) is 0 Å². The first kappa shape index (κ1) is 8.27. The van der Waals surface area contributed by atoms with Gasteiger partial charge in [0.1, 0.15) is 0 Å². The fourth-order valence-corrected chi connectivity index (χ4v) is 1.10. The number of rotatable bonds is 2. The van der Waals surface area contributed by atoms with Gasteiger partial charge in [-0.15, -0.1) is 0 Å². The second-order valence-electron chi connectivity index (χ2n) is 2.71. The smallest absolute Gasteiger partial charge is 0.0996 e. The lowest BCUT2D eigenvalue weighted by atomic mass is 10.1. The van der Waals surface area contributed by atoms with E-state index >= 15 is 0 Å². The van der Waals surface area contributed by atoms with Gasteiger partial charge in [-0.1, -0.05) is 11.6 Å². The molecule has 4 heteroatoms. The zero-order valence-corrected chi connectivity index (χ0v) is 6.93. The summed E-state index contributed by atoms with van der Waals surface area (Å²) in [5.41, 5.74) is 17.0. The van der Waals surface area contributed by atoms with Gasteiger partial charge in [-0.2, -0.15) is 0 Å². The Morgan fingerprint density at radius 2 is 1.82 bits per heavy atom. The van der Waals surface area contributed by atoms with Crippen molar-refractivity contribution in [2.24, 2.45) is 23.1 Å². The monoisotopic (exact) mass is 173 g/mol. The van der Waals surface area contributed by atoms with Crippen LogP contribution in [0.2, 0.25) is 0 Å². The normalized spacial score (nSPS) is 18.1. The second kappa shape index (κ2) is 3.05. The number of hydrogen-bond donors (Lipinski definition) is 3. The number of nitrogens with two attached hydrogens (primary N) is 3. The third-order valence-corrected chi connectivity index (χ3v) is 1.75. The van der Waals surface area contributed by atoms with Crippen molar-refractivity contribution in [3.8, 4) is 0 Å². The number of halogens is 1. The maximum absolute atomic E-state index is 5.48. The summed E-state index contributed by atoms with van der Waals surface area (Å²) < 4.78 is 0. The zero-order chi connectivity index (χ0) is 8.43. The molecule has 1 saturated carbocycles. The molecule has 1 aliphatic carbocycles. The summed E-state index contributed by atoms with van der Waals surface area (Å²) in [5, 5.41) is 0.236. The van der Waals surface area contributed by atoms with Crippen LogP contribution in [0.1, 0.15) is 12.8 Å². The molecule has 0 spiro atoms. The molecule has 0 aromatic carbocycles. The Kier molecular flexibility index (Phi) is 2.29. The first-order chi connectivity index (χ1) is 5.11. The number of allylic oxidation sites excluding steroid dienone is 2. The van der Waals surface area contributed by atoms with Crippen molar-refractivity contribution in [1.29, 1.82) is 0 Å². The van der Waals surface area contributed by atoms with E-state index in [1.165, 1.54) is 0 Å². The van der Waals surface area contributed by atoms with E-state index in [2.05, 4.69) is 0 Å². The summed E-state index contributed by atoms with van der Waals surface area (Å²) in [6, 6.07) is 0. The molecule has 6 N–H and O–H groups in total. The van der Waals surface area contributed by atoms with E-state index in [9.17, 15) is 0 Å². The van der Waals surface area contributed by atoms with Gasteiger partial charge in [-0.05, 0) is 30.4 Å². The van der Waals surface area contributed by atoms with Crippen LogP contribution in [0.25, 0.3) is 0 Å². The van der Waals surface area contributed by atoms with Crippen molar-refractivity contribution in [2.45, 2.75) is 12.8 Å². The highest BCUT2D eigenvalue weighted by atomic mass is 35.5. The first-order valence-electron chi connectivity index (χ1n) is 3.49. The topological polar surface area (TPSA) is 78.1 Å². The highest BCUT2D eigenvalue weighted by molar-refractivity contribution is 6.29. The van der Waals surface area contributed by atoms with E-state index in [1.54, 1.807) is 6.08 Å². The Bertz CT molecular complexity index is 208. The van der Waals surface area contributed by atoms with E-state index in [1.807, 2.05) is 0 Å². The quantitative estimate of drug-likeness (QED) is 0.422. The molecule has 0 amide bonds. The van der Waals surface area contributed by atoms with Gasteiger partial charge in [-0.25, -0.2) is 0 Å². The maximum atomic E-state index is 5.48. The van der Waals surface area contributed by atoms with E-state index in [4.69, 9.17) is 28.8 Å². The summed E-state index contributed by atoms with van der Waals surface area (Å²) in [7, 11) is 0. The maximum Gasteiger partial charge on any atom is 0.0996 e. The van der Waals surface area contributed by atoms with E-state index in [-0.39, 0.29) is 5.16 Å². The summed E-state index contributed by atoms with van der Waals surface area (Å²) in [6.07, 6.45) is 3.90. The molecule has 0 aromatic rings. The Morgan fingerprint density at radius 3 is 2.09 bits per heavy atom. The fraction of sp³-hybridized carbons (Fsp3) is 0.429. The molecule has 0 radical (unpaired) electrons. The molecule has 0 saturated heterocycles. The fourth-order valence-electron chi connectivity index (χ4n) is 0.980. The predicted octanol–water partition coefficient (Wildman–Crippen LogP) is 0.564. The van der Waals surface area contributed by atoms with E-state index in [0.717, 1.165) is 18.4 Å². The van der Waals surface area contributed by atoms with Gasteiger partial charge >= 0.3 is 0 Å². The minimum Gasteiger partial charge on any atom is -0.389 e. The second-order valence-corrected chi connectivity index (χ2v) is 3.15. The molecular weight excluding hydrogens is 162 g/mol. The average molecular weight is 174 g/mol. The van der Waals surface area contributed by atoms with Crippen LogP contribution in [0.3, 0.4) is 0 Å². The van der Waals surface area contributed by atoms with Crippen LogP contribution >= 0.6 is 11.6 Å². The molecule has 1 rings (SSSR count). The molecule has 1 fully saturated rings. The Labute approximate surface area is 70.9 Å². The molecule has 0 aliphatic heterocycles. The molecule has 0 heterocycles. The van der Waals surface area contributed by atoms with Gasteiger partial charge in [-0.3, -0.25) is 0 Å². The molecule has 62 valence electrons. The van der Waals surface area contributed by atoms with Crippen molar-refractivity contribution in [3.05, 3.63) is 22.6 Å². The molecule has 0 bridgehead atoms. The van der Waals surface area contributed by atoms with Crippen LogP contribution in [0.15, 0.2) is 22.6 Å². The lowest BCUT2D eigenvalue weighted by molar-refractivity contribution is 0.990. The molecule has 1 aliphatic rings. The molecule has 0 aromatic heterocycles. The third-order valence-electron chi connectivity index (χ3n) is 1.64.